The molecule has 1 unspecified atom stereocenters. The van der Waals surface area contributed by atoms with E-state index in [1.165, 1.54) is 10.4 Å². The van der Waals surface area contributed by atoms with E-state index in [1.807, 2.05) is 12.3 Å². The summed E-state index contributed by atoms with van der Waals surface area (Å²) in [5, 5.41) is 4.73. The molecule has 96 valence electrons. The lowest BCUT2D eigenvalue weighted by molar-refractivity contribution is 0.497. The number of pyridine rings is 1. The fourth-order valence-corrected chi connectivity index (χ4v) is 3.07. The van der Waals surface area contributed by atoms with Crippen LogP contribution in [0.2, 0.25) is 0 Å². The summed E-state index contributed by atoms with van der Waals surface area (Å²) >= 11 is 1.77. The molecule has 0 amide bonds. The number of hydrogen-bond donors (Lipinski definition) is 1. The third-order valence-electron chi connectivity index (χ3n) is 3.02. The first-order chi connectivity index (χ1) is 8.58. The van der Waals surface area contributed by atoms with E-state index in [-0.39, 0.29) is 6.04 Å². The highest BCUT2D eigenvalue weighted by Crippen LogP contribution is 2.26. The molecule has 0 saturated heterocycles. The summed E-state index contributed by atoms with van der Waals surface area (Å²) in [6.07, 6.45) is 3.71. The first kappa shape index (κ1) is 13.2. The van der Waals surface area contributed by atoms with E-state index >= 15 is 0 Å². The SMILES string of the molecule is Cc1nc(C)c(C(C)N[C@@H](C)c2cccnc2)s1. The van der Waals surface area contributed by atoms with Crippen LogP contribution in [0.15, 0.2) is 24.5 Å². The van der Waals surface area contributed by atoms with Crippen molar-refractivity contribution in [3.05, 3.63) is 45.7 Å². The van der Waals surface area contributed by atoms with Crippen molar-refractivity contribution in [2.24, 2.45) is 0 Å². The van der Waals surface area contributed by atoms with Crippen LogP contribution in [0.4, 0.5) is 0 Å². The number of aromatic nitrogens is 2. The minimum absolute atomic E-state index is 0.288. The van der Waals surface area contributed by atoms with Gasteiger partial charge in [-0.2, -0.15) is 0 Å². The number of nitrogens with zero attached hydrogens (tertiary/aromatic N) is 2. The molecule has 2 rings (SSSR count). The smallest absolute Gasteiger partial charge is 0.0900 e. The minimum atomic E-state index is 0.288. The summed E-state index contributed by atoms with van der Waals surface area (Å²) in [4.78, 5) is 9.96. The lowest BCUT2D eigenvalue weighted by atomic mass is 10.1. The van der Waals surface area contributed by atoms with Crippen LogP contribution >= 0.6 is 11.3 Å². The fraction of sp³-hybridized carbons (Fsp3) is 0.429. The Bertz CT molecular complexity index is 507. The predicted molar refractivity (Wildman–Crippen MR) is 75.8 cm³/mol. The Kier molecular flexibility index (Phi) is 4.09. The van der Waals surface area contributed by atoms with Gasteiger partial charge < -0.3 is 5.32 Å². The molecule has 3 nitrogen and oxygen atoms in total. The summed E-state index contributed by atoms with van der Waals surface area (Å²) in [5.41, 5.74) is 2.35. The highest BCUT2D eigenvalue weighted by Gasteiger charge is 2.15. The van der Waals surface area contributed by atoms with Gasteiger partial charge in [0.1, 0.15) is 0 Å². The molecule has 0 aliphatic rings. The van der Waals surface area contributed by atoms with Gasteiger partial charge in [-0.3, -0.25) is 4.98 Å². The molecule has 4 heteroatoms. The van der Waals surface area contributed by atoms with Crippen LogP contribution in [0, 0.1) is 13.8 Å². The van der Waals surface area contributed by atoms with Crippen molar-refractivity contribution >= 4 is 11.3 Å². The second-order valence-corrected chi connectivity index (χ2v) is 5.81. The van der Waals surface area contributed by atoms with Crippen LogP contribution in [0.1, 0.15) is 47.1 Å². The average Bonchev–Trinajstić information content (AvgIpc) is 2.69. The van der Waals surface area contributed by atoms with Crippen molar-refractivity contribution in [3.8, 4) is 0 Å². The van der Waals surface area contributed by atoms with Gasteiger partial charge in [0.2, 0.25) is 0 Å². The number of thiazole rings is 1. The Hall–Kier alpha value is -1.26. The van der Waals surface area contributed by atoms with E-state index in [1.54, 1.807) is 17.5 Å². The zero-order valence-corrected chi connectivity index (χ0v) is 12.1. The van der Waals surface area contributed by atoms with Crippen LogP contribution in [0.25, 0.3) is 0 Å². The average molecular weight is 261 g/mol. The zero-order chi connectivity index (χ0) is 13.1. The summed E-state index contributed by atoms with van der Waals surface area (Å²) in [5.74, 6) is 0. The standard InChI is InChI=1S/C14H19N3S/c1-9(13-6-5-7-15-8-13)16-10(2)14-11(3)17-12(4)18-14/h5-10,16H,1-4H3/t9-,10?/m0/s1. The molecular formula is C14H19N3S. The van der Waals surface area contributed by atoms with Gasteiger partial charge in [-0.15, -0.1) is 11.3 Å². The molecule has 0 saturated carbocycles. The van der Waals surface area contributed by atoms with Crippen LogP contribution in [-0.2, 0) is 0 Å². The predicted octanol–water partition coefficient (Wildman–Crippen LogP) is 3.57. The molecule has 0 aromatic carbocycles. The summed E-state index contributed by atoms with van der Waals surface area (Å²) in [7, 11) is 0. The molecule has 0 aliphatic carbocycles. The van der Waals surface area contributed by atoms with Crippen molar-refractivity contribution in [2.75, 3.05) is 0 Å². The molecule has 2 heterocycles. The lowest BCUT2D eigenvalue weighted by Gasteiger charge is -2.19. The molecule has 0 bridgehead atoms. The highest BCUT2D eigenvalue weighted by atomic mass is 32.1. The van der Waals surface area contributed by atoms with Crippen molar-refractivity contribution in [3.63, 3.8) is 0 Å². The second-order valence-electron chi connectivity index (χ2n) is 4.58. The Balaban J connectivity index is 2.08. The zero-order valence-electron chi connectivity index (χ0n) is 11.3. The van der Waals surface area contributed by atoms with Crippen LogP contribution < -0.4 is 5.32 Å². The maximum absolute atomic E-state index is 4.48. The second kappa shape index (κ2) is 5.59. The number of aryl methyl sites for hydroxylation is 2. The van der Waals surface area contributed by atoms with Crippen molar-refractivity contribution < 1.29 is 0 Å². The molecule has 18 heavy (non-hydrogen) atoms. The monoisotopic (exact) mass is 261 g/mol. The molecule has 2 aromatic rings. The van der Waals surface area contributed by atoms with Gasteiger partial charge in [0.05, 0.1) is 10.7 Å². The van der Waals surface area contributed by atoms with Gasteiger partial charge in [-0.1, -0.05) is 6.07 Å². The number of nitrogens with one attached hydrogen (secondary N) is 1. The van der Waals surface area contributed by atoms with Gasteiger partial charge in [0.15, 0.2) is 0 Å². The van der Waals surface area contributed by atoms with Gasteiger partial charge >= 0.3 is 0 Å². The molecule has 0 radical (unpaired) electrons. The Morgan fingerprint density at radius 1 is 1.22 bits per heavy atom. The van der Waals surface area contributed by atoms with E-state index < -0.39 is 0 Å². The highest BCUT2D eigenvalue weighted by molar-refractivity contribution is 7.11. The fourth-order valence-electron chi connectivity index (χ4n) is 2.13. The molecule has 0 fully saturated rings. The summed E-state index contributed by atoms with van der Waals surface area (Å²) < 4.78 is 0. The van der Waals surface area contributed by atoms with E-state index in [2.05, 4.69) is 49.0 Å². The maximum Gasteiger partial charge on any atom is 0.0900 e. The topological polar surface area (TPSA) is 37.8 Å². The molecule has 1 N–H and O–H groups in total. The third-order valence-corrected chi connectivity index (χ3v) is 4.27. The van der Waals surface area contributed by atoms with Crippen molar-refractivity contribution in [1.29, 1.82) is 0 Å². The number of hydrogen-bond acceptors (Lipinski definition) is 4. The van der Waals surface area contributed by atoms with E-state index in [9.17, 15) is 0 Å². The third kappa shape index (κ3) is 2.94. The van der Waals surface area contributed by atoms with Gasteiger partial charge in [-0.25, -0.2) is 4.98 Å². The largest absolute Gasteiger partial charge is 0.303 e. The van der Waals surface area contributed by atoms with Gasteiger partial charge in [0, 0.05) is 29.4 Å². The minimum Gasteiger partial charge on any atom is -0.303 e. The van der Waals surface area contributed by atoms with Crippen LogP contribution in [-0.4, -0.2) is 9.97 Å². The normalized spacial score (nSPS) is 14.4. The van der Waals surface area contributed by atoms with Crippen molar-refractivity contribution in [1.82, 2.24) is 15.3 Å². The lowest BCUT2D eigenvalue weighted by Crippen LogP contribution is -2.22. The van der Waals surface area contributed by atoms with Gasteiger partial charge in [0.25, 0.3) is 0 Å². The number of rotatable bonds is 4. The molecule has 2 atom stereocenters. The quantitative estimate of drug-likeness (QED) is 0.914. The maximum atomic E-state index is 4.48. The summed E-state index contributed by atoms with van der Waals surface area (Å²) in [6, 6.07) is 4.67. The van der Waals surface area contributed by atoms with Crippen LogP contribution in [0.5, 0.6) is 0 Å². The first-order valence-electron chi connectivity index (χ1n) is 6.18. The van der Waals surface area contributed by atoms with Gasteiger partial charge in [-0.05, 0) is 39.3 Å². The molecular weight excluding hydrogens is 242 g/mol. The van der Waals surface area contributed by atoms with Crippen molar-refractivity contribution in [2.45, 2.75) is 39.8 Å². The Morgan fingerprint density at radius 3 is 2.56 bits per heavy atom. The Morgan fingerprint density at radius 2 is 2.00 bits per heavy atom. The first-order valence-corrected chi connectivity index (χ1v) is 6.99. The van der Waals surface area contributed by atoms with Crippen LogP contribution in [0.3, 0.4) is 0 Å². The summed E-state index contributed by atoms with van der Waals surface area (Å²) in [6.45, 7) is 8.48. The van der Waals surface area contributed by atoms with E-state index in [4.69, 9.17) is 0 Å². The Labute approximate surface area is 112 Å². The molecule has 0 spiro atoms. The van der Waals surface area contributed by atoms with E-state index in [0.717, 1.165) is 10.7 Å². The van der Waals surface area contributed by atoms with E-state index in [0.29, 0.717) is 6.04 Å². The molecule has 2 aromatic heterocycles. The molecule has 0 aliphatic heterocycles.